The minimum Gasteiger partial charge on any atom is -0.488 e. The third-order valence-corrected chi connectivity index (χ3v) is 5.95. The first kappa shape index (κ1) is 23.6. The van der Waals surface area contributed by atoms with Gasteiger partial charge in [0.25, 0.3) is 5.91 Å². The number of carbonyl (C=O) groups excluding carboxylic acids is 1. The highest BCUT2D eigenvalue weighted by atomic mass is 19.4. The minimum atomic E-state index is -4.58. The van der Waals surface area contributed by atoms with E-state index in [2.05, 4.69) is 5.32 Å². The molecular formula is C26H24F4N2O2. The van der Waals surface area contributed by atoms with E-state index in [1.807, 2.05) is 0 Å². The maximum absolute atomic E-state index is 13.8. The highest BCUT2D eigenvalue weighted by Crippen LogP contribution is 2.45. The van der Waals surface area contributed by atoms with Crippen molar-refractivity contribution < 1.29 is 27.1 Å². The van der Waals surface area contributed by atoms with Gasteiger partial charge >= 0.3 is 6.18 Å². The Morgan fingerprint density at radius 2 is 1.74 bits per heavy atom. The van der Waals surface area contributed by atoms with Gasteiger partial charge in [-0.1, -0.05) is 30.3 Å². The zero-order valence-electron chi connectivity index (χ0n) is 19.2. The molecule has 178 valence electrons. The quantitative estimate of drug-likeness (QED) is 0.437. The molecule has 0 atom stereocenters. The third kappa shape index (κ3) is 4.20. The van der Waals surface area contributed by atoms with E-state index in [1.165, 1.54) is 35.2 Å². The van der Waals surface area contributed by atoms with Crippen LogP contribution in [0.1, 0.15) is 30.5 Å². The van der Waals surface area contributed by atoms with E-state index in [0.29, 0.717) is 22.5 Å². The number of aryl methyl sites for hydroxylation is 1. The molecule has 0 saturated heterocycles. The zero-order valence-corrected chi connectivity index (χ0v) is 19.2. The van der Waals surface area contributed by atoms with Gasteiger partial charge in [0.2, 0.25) is 0 Å². The standard InChI is InChI=1S/C26H24F4N2O2/c1-15-9-10-16(27)13-22(15)34-14-19-17(18-7-5-6-8-20(18)26(28,29)30)11-12-21-23(19)32(4)24(33)25(2,3)31-21/h5-13,31H,14H2,1-4H3. The van der Waals surface area contributed by atoms with Gasteiger partial charge in [0, 0.05) is 18.7 Å². The molecule has 0 saturated carbocycles. The fourth-order valence-corrected chi connectivity index (χ4v) is 4.27. The summed E-state index contributed by atoms with van der Waals surface area (Å²) in [5, 5.41) is 3.17. The van der Waals surface area contributed by atoms with E-state index in [0.717, 1.165) is 6.07 Å². The van der Waals surface area contributed by atoms with Gasteiger partial charge in [-0.05, 0) is 55.7 Å². The van der Waals surface area contributed by atoms with Crippen LogP contribution in [0.2, 0.25) is 0 Å². The topological polar surface area (TPSA) is 41.6 Å². The van der Waals surface area contributed by atoms with Crippen molar-refractivity contribution in [1.82, 2.24) is 0 Å². The number of nitrogens with one attached hydrogen (secondary N) is 1. The molecule has 1 heterocycles. The Labute approximate surface area is 195 Å². The summed E-state index contributed by atoms with van der Waals surface area (Å²) < 4.78 is 61.2. The van der Waals surface area contributed by atoms with Crippen molar-refractivity contribution in [1.29, 1.82) is 0 Å². The van der Waals surface area contributed by atoms with Crippen molar-refractivity contribution in [2.45, 2.75) is 39.1 Å². The van der Waals surface area contributed by atoms with Crippen LogP contribution in [0.3, 0.4) is 0 Å². The van der Waals surface area contributed by atoms with Gasteiger partial charge in [-0.25, -0.2) is 4.39 Å². The number of halogens is 4. The summed E-state index contributed by atoms with van der Waals surface area (Å²) in [5.41, 5.74) is 0.632. The largest absolute Gasteiger partial charge is 0.488 e. The van der Waals surface area contributed by atoms with Crippen molar-refractivity contribution in [3.63, 3.8) is 0 Å². The molecule has 0 aromatic heterocycles. The lowest BCUT2D eigenvalue weighted by Gasteiger charge is -2.39. The van der Waals surface area contributed by atoms with Crippen LogP contribution < -0.4 is 15.0 Å². The van der Waals surface area contributed by atoms with Crippen molar-refractivity contribution in [3.8, 4) is 16.9 Å². The van der Waals surface area contributed by atoms with Gasteiger partial charge in [-0.3, -0.25) is 4.79 Å². The molecule has 3 aromatic rings. The van der Waals surface area contributed by atoms with Gasteiger partial charge in [0.15, 0.2) is 0 Å². The number of anilines is 2. The second-order valence-electron chi connectivity index (χ2n) is 8.84. The van der Waals surface area contributed by atoms with Crippen molar-refractivity contribution >= 4 is 17.3 Å². The van der Waals surface area contributed by atoms with Crippen molar-refractivity contribution in [2.24, 2.45) is 0 Å². The Balaban J connectivity index is 1.92. The average molecular weight is 472 g/mol. The molecule has 0 radical (unpaired) electrons. The number of nitrogens with zero attached hydrogens (tertiary/aromatic N) is 1. The van der Waals surface area contributed by atoms with Gasteiger partial charge in [-0.2, -0.15) is 13.2 Å². The highest BCUT2D eigenvalue weighted by molar-refractivity contribution is 6.08. The number of fused-ring (bicyclic) bond motifs is 1. The summed E-state index contributed by atoms with van der Waals surface area (Å²) in [5.74, 6) is -0.468. The lowest BCUT2D eigenvalue weighted by Crippen LogP contribution is -2.52. The lowest BCUT2D eigenvalue weighted by atomic mass is 9.90. The number of benzene rings is 3. The minimum absolute atomic E-state index is 0.0296. The van der Waals surface area contributed by atoms with Crippen LogP contribution >= 0.6 is 0 Å². The normalized spacial score (nSPS) is 15.1. The predicted molar refractivity (Wildman–Crippen MR) is 123 cm³/mol. The summed E-state index contributed by atoms with van der Waals surface area (Å²) in [6.45, 7) is 5.03. The smallest absolute Gasteiger partial charge is 0.417 e. The molecule has 4 nitrogen and oxygen atoms in total. The Kier molecular flexibility index (Phi) is 5.79. The number of hydrogen-bond acceptors (Lipinski definition) is 3. The summed E-state index contributed by atoms with van der Waals surface area (Å²) in [6, 6.07) is 12.6. The second-order valence-corrected chi connectivity index (χ2v) is 8.84. The Morgan fingerprint density at radius 1 is 1.03 bits per heavy atom. The Hall–Kier alpha value is -3.55. The van der Waals surface area contributed by atoms with Crippen LogP contribution in [-0.2, 0) is 17.6 Å². The molecule has 4 rings (SSSR count). The first-order valence-corrected chi connectivity index (χ1v) is 10.7. The Morgan fingerprint density at radius 3 is 2.44 bits per heavy atom. The number of hydrogen-bond donors (Lipinski definition) is 1. The van der Waals surface area contributed by atoms with E-state index in [9.17, 15) is 22.4 Å². The summed E-state index contributed by atoms with van der Waals surface area (Å²) >= 11 is 0. The second kappa shape index (κ2) is 8.34. The molecule has 8 heteroatoms. The van der Waals surface area contributed by atoms with Crippen molar-refractivity contribution in [3.05, 3.63) is 77.1 Å². The van der Waals surface area contributed by atoms with Crippen LogP contribution in [0.4, 0.5) is 28.9 Å². The van der Waals surface area contributed by atoms with Crippen molar-refractivity contribution in [2.75, 3.05) is 17.3 Å². The number of amides is 1. The van der Waals surface area contributed by atoms with Gasteiger partial charge in [0.05, 0.1) is 16.9 Å². The average Bonchev–Trinajstić information content (AvgIpc) is 2.77. The van der Waals surface area contributed by atoms with Gasteiger partial charge in [0.1, 0.15) is 23.7 Å². The predicted octanol–water partition coefficient (Wildman–Crippen LogP) is 6.57. The van der Waals surface area contributed by atoms with Crippen LogP contribution in [-0.4, -0.2) is 18.5 Å². The maximum Gasteiger partial charge on any atom is 0.417 e. The molecular weight excluding hydrogens is 448 g/mol. The van der Waals surface area contributed by atoms with Crippen LogP contribution in [0.5, 0.6) is 5.75 Å². The van der Waals surface area contributed by atoms with Gasteiger partial charge in [-0.15, -0.1) is 0 Å². The summed E-state index contributed by atoms with van der Waals surface area (Å²) in [4.78, 5) is 14.4. The zero-order chi connectivity index (χ0) is 24.8. The Bertz CT molecular complexity index is 1270. The number of likely N-dealkylation sites (N-methyl/N-ethyl adjacent to an activating group) is 1. The molecule has 34 heavy (non-hydrogen) atoms. The fraction of sp³-hybridized carbons (Fsp3) is 0.269. The third-order valence-electron chi connectivity index (χ3n) is 5.95. The molecule has 0 bridgehead atoms. The number of alkyl halides is 3. The van der Waals surface area contributed by atoms with Crippen LogP contribution in [0, 0.1) is 12.7 Å². The molecule has 0 fully saturated rings. The van der Waals surface area contributed by atoms with Gasteiger partial charge < -0.3 is 15.0 Å². The van der Waals surface area contributed by atoms with E-state index in [1.54, 1.807) is 46.0 Å². The molecule has 0 spiro atoms. The number of carbonyl (C=O) groups is 1. The molecule has 1 amide bonds. The molecule has 1 N–H and O–H groups in total. The summed E-state index contributed by atoms with van der Waals surface area (Å²) in [7, 11) is 1.58. The van der Waals surface area contributed by atoms with Crippen LogP contribution in [0.25, 0.3) is 11.1 Å². The molecule has 1 aliphatic heterocycles. The van der Waals surface area contributed by atoms with E-state index < -0.39 is 23.1 Å². The molecule has 1 aliphatic rings. The first-order chi connectivity index (χ1) is 15.9. The van der Waals surface area contributed by atoms with E-state index in [-0.39, 0.29) is 29.4 Å². The van der Waals surface area contributed by atoms with E-state index in [4.69, 9.17) is 4.74 Å². The summed E-state index contributed by atoms with van der Waals surface area (Å²) in [6.07, 6.45) is -4.58. The fourth-order valence-electron chi connectivity index (χ4n) is 4.27. The first-order valence-electron chi connectivity index (χ1n) is 10.7. The monoisotopic (exact) mass is 472 g/mol. The SMILES string of the molecule is Cc1ccc(F)cc1OCc1c(-c2ccccc2C(F)(F)F)ccc2c1N(C)C(=O)C(C)(C)N2. The van der Waals surface area contributed by atoms with E-state index >= 15 is 0 Å². The lowest BCUT2D eigenvalue weighted by molar-refractivity contribution is -0.137. The number of rotatable bonds is 4. The number of ether oxygens (including phenoxy) is 1. The highest BCUT2D eigenvalue weighted by Gasteiger charge is 2.40. The van der Waals surface area contributed by atoms with Crippen LogP contribution in [0.15, 0.2) is 54.6 Å². The molecule has 0 unspecified atom stereocenters. The maximum atomic E-state index is 13.8. The molecule has 3 aromatic carbocycles. The molecule has 0 aliphatic carbocycles.